The van der Waals surface area contributed by atoms with Crippen molar-refractivity contribution in [3.63, 3.8) is 0 Å². The number of hydrogen-bond donors (Lipinski definition) is 2. The quantitative estimate of drug-likeness (QED) is 0.0270. The Balaban J connectivity index is 0.851. The van der Waals surface area contributed by atoms with E-state index in [0.717, 1.165) is 64.9 Å². The Kier molecular flexibility index (Phi) is 18.8. The fourth-order valence-corrected chi connectivity index (χ4v) is 10.2. The summed E-state index contributed by atoms with van der Waals surface area (Å²) in [6.45, 7) is 3.97. The minimum atomic E-state index is -3.94. The number of phosphoric ester groups is 1. The molecule has 2 N–H and O–H groups in total. The van der Waals surface area contributed by atoms with Crippen LogP contribution in [0, 0.1) is 0 Å². The van der Waals surface area contributed by atoms with Crippen LogP contribution in [0.2, 0.25) is 0 Å². The average molecular weight is 930 g/mol. The van der Waals surface area contributed by atoms with Gasteiger partial charge in [-0.15, -0.1) is 0 Å². The van der Waals surface area contributed by atoms with E-state index < -0.39 is 13.4 Å². The maximum Gasteiger partial charge on any atom is 0.472 e. The third-order valence-corrected chi connectivity index (χ3v) is 14.4. The number of hydrogen-bond acceptors (Lipinski definition) is 9. The number of aryl methyl sites for hydroxylation is 1. The first kappa shape index (κ1) is 51.6. The number of benzene rings is 2. The molecule has 13 heteroatoms. The Morgan fingerprint density at radius 2 is 1.33 bits per heavy atom. The average Bonchev–Trinajstić information content (AvgIpc) is 3.64. The van der Waals surface area contributed by atoms with Crippen molar-refractivity contribution in [1.29, 1.82) is 0 Å². The van der Waals surface area contributed by atoms with Gasteiger partial charge in [-0.3, -0.25) is 18.6 Å². The first-order chi connectivity index (χ1) is 31.6. The Labute approximate surface area is 393 Å². The molecule has 2 aromatic carbocycles. The zero-order valence-corrected chi connectivity index (χ0v) is 41.8. The van der Waals surface area contributed by atoms with Crippen molar-refractivity contribution >= 4 is 24.5 Å². The molecule has 0 bridgehead atoms. The molecule has 362 valence electrons. The van der Waals surface area contributed by atoms with Crippen LogP contribution < -0.4 is 10.3 Å². The van der Waals surface area contributed by atoms with Gasteiger partial charge >= 0.3 is 7.82 Å². The van der Waals surface area contributed by atoms with Crippen LogP contribution in [0.25, 0.3) is 22.3 Å². The van der Waals surface area contributed by atoms with Crippen molar-refractivity contribution in [1.82, 2.24) is 14.5 Å². The summed E-state index contributed by atoms with van der Waals surface area (Å²) >= 11 is 0. The SMILES string of the molecule is CC[C@@]1(O)C(=O)CCc2c1cc1n(c2=O)Cc2c-1nc1ccc(Oc3ccc(CCCCCCCCCCCCCCCCCCOP(=O)(O)OCC[N+](C)(C)C)cc3)cc1c2CN(C)C. The van der Waals surface area contributed by atoms with Gasteiger partial charge in [0.05, 0.1) is 51.2 Å². The van der Waals surface area contributed by atoms with E-state index in [1.807, 2.05) is 53.4 Å². The summed E-state index contributed by atoms with van der Waals surface area (Å²) in [6, 6.07) is 16.3. The lowest BCUT2D eigenvalue weighted by Gasteiger charge is -2.32. The molecule has 2 atom stereocenters. The van der Waals surface area contributed by atoms with Gasteiger partial charge in [-0.2, -0.15) is 0 Å². The van der Waals surface area contributed by atoms with Crippen molar-refractivity contribution in [2.45, 2.75) is 154 Å². The van der Waals surface area contributed by atoms with Crippen LogP contribution in [0.3, 0.4) is 0 Å². The molecule has 0 saturated carbocycles. The van der Waals surface area contributed by atoms with E-state index in [1.165, 1.54) is 89.0 Å². The molecule has 1 aliphatic carbocycles. The number of aliphatic hydroxyl groups is 1. The summed E-state index contributed by atoms with van der Waals surface area (Å²) in [7, 11) is 6.17. The van der Waals surface area contributed by atoms with E-state index in [0.29, 0.717) is 47.4 Å². The number of nitrogens with zero attached hydrogens (tertiary/aromatic N) is 4. The van der Waals surface area contributed by atoms with Crippen LogP contribution in [-0.2, 0) is 49.9 Å². The third kappa shape index (κ3) is 14.2. The van der Waals surface area contributed by atoms with Crippen molar-refractivity contribution in [3.8, 4) is 22.9 Å². The molecule has 0 fully saturated rings. The number of Topliss-reactive ketones (excluding diaryl/α,β-unsaturated/α-hetero) is 1. The zero-order chi connectivity index (χ0) is 47.3. The molecule has 66 heavy (non-hydrogen) atoms. The van der Waals surface area contributed by atoms with E-state index in [-0.39, 0.29) is 37.4 Å². The van der Waals surface area contributed by atoms with E-state index in [1.54, 1.807) is 11.5 Å². The number of quaternary nitrogens is 1. The molecule has 0 radical (unpaired) electrons. The van der Waals surface area contributed by atoms with Gasteiger partial charge in [0.1, 0.15) is 30.3 Å². The molecule has 1 aliphatic heterocycles. The largest absolute Gasteiger partial charge is 0.472 e. The molecule has 2 aliphatic rings. The van der Waals surface area contributed by atoms with Crippen molar-refractivity contribution < 1.29 is 37.6 Å². The Morgan fingerprint density at radius 3 is 1.92 bits per heavy atom. The van der Waals surface area contributed by atoms with Crippen LogP contribution in [-0.4, -0.2) is 89.7 Å². The van der Waals surface area contributed by atoms with Crippen LogP contribution in [0.15, 0.2) is 53.3 Å². The minimum absolute atomic E-state index is 0.143. The van der Waals surface area contributed by atoms with E-state index in [4.69, 9.17) is 18.8 Å². The lowest BCUT2D eigenvalue weighted by atomic mass is 9.77. The number of ketones is 1. The molecular formula is C53H78N4O8P+. The number of rotatable bonds is 29. The number of ether oxygens (including phenoxy) is 1. The highest BCUT2D eigenvalue weighted by atomic mass is 31.2. The zero-order valence-electron chi connectivity index (χ0n) is 40.9. The normalized spacial score (nSPS) is 16.7. The van der Waals surface area contributed by atoms with Gasteiger partial charge in [0.25, 0.3) is 5.56 Å². The molecule has 1 unspecified atom stereocenters. The number of unbranched alkanes of at least 4 members (excludes halogenated alkanes) is 15. The van der Waals surface area contributed by atoms with Gasteiger partial charge in [-0.1, -0.05) is 109 Å². The molecule has 12 nitrogen and oxygen atoms in total. The van der Waals surface area contributed by atoms with Crippen LogP contribution >= 0.6 is 7.82 Å². The fraction of sp³-hybridized carbons (Fsp3) is 0.604. The van der Waals surface area contributed by atoms with E-state index in [2.05, 4.69) is 35.2 Å². The number of carbonyl (C=O) groups excluding carboxylic acids is 1. The first-order valence-electron chi connectivity index (χ1n) is 24.9. The molecule has 4 aromatic rings. The molecule has 0 amide bonds. The fourth-order valence-electron chi connectivity index (χ4n) is 9.50. The summed E-state index contributed by atoms with van der Waals surface area (Å²) in [5, 5.41) is 12.4. The predicted octanol–water partition coefficient (Wildman–Crippen LogP) is 11.0. The number of carbonyl (C=O) groups is 1. The summed E-state index contributed by atoms with van der Waals surface area (Å²) in [4.78, 5) is 43.8. The topological polar surface area (TPSA) is 140 Å². The second-order valence-electron chi connectivity index (χ2n) is 20.1. The summed E-state index contributed by atoms with van der Waals surface area (Å²) < 4.78 is 31.0. The Bertz CT molecular complexity index is 2340. The Hall–Kier alpha value is -3.74. The van der Waals surface area contributed by atoms with Crippen molar-refractivity contribution in [2.24, 2.45) is 0 Å². The van der Waals surface area contributed by atoms with Gasteiger partial charge in [0.15, 0.2) is 5.78 Å². The Morgan fingerprint density at radius 1 is 0.758 bits per heavy atom. The van der Waals surface area contributed by atoms with E-state index in [9.17, 15) is 24.2 Å². The molecule has 2 aromatic heterocycles. The lowest BCUT2D eigenvalue weighted by Crippen LogP contribution is -2.43. The van der Waals surface area contributed by atoms with Crippen molar-refractivity contribution in [3.05, 3.63) is 86.7 Å². The number of aromatic nitrogens is 2. The summed E-state index contributed by atoms with van der Waals surface area (Å²) in [5.74, 6) is 1.29. The summed E-state index contributed by atoms with van der Waals surface area (Å²) in [5.41, 5.74) is 4.78. The highest BCUT2D eigenvalue weighted by Gasteiger charge is 2.43. The first-order valence-corrected chi connectivity index (χ1v) is 26.4. The van der Waals surface area contributed by atoms with Gasteiger partial charge < -0.3 is 28.7 Å². The molecule has 0 spiro atoms. The van der Waals surface area contributed by atoms with Gasteiger partial charge in [0.2, 0.25) is 0 Å². The van der Waals surface area contributed by atoms with Gasteiger partial charge in [-0.25, -0.2) is 9.55 Å². The van der Waals surface area contributed by atoms with Crippen LogP contribution in [0.5, 0.6) is 11.5 Å². The monoisotopic (exact) mass is 930 g/mol. The lowest BCUT2D eigenvalue weighted by molar-refractivity contribution is -0.870. The maximum absolute atomic E-state index is 13.9. The number of fused-ring (bicyclic) bond motifs is 5. The second kappa shape index (κ2) is 24.0. The number of pyridine rings is 2. The van der Waals surface area contributed by atoms with Gasteiger partial charge in [0, 0.05) is 35.0 Å². The minimum Gasteiger partial charge on any atom is -0.457 e. The molecular weight excluding hydrogens is 852 g/mol. The van der Waals surface area contributed by atoms with E-state index >= 15 is 0 Å². The highest BCUT2D eigenvalue weighted by molar-refractivity contribution is 7.47. The standard InChI is InChI=1S/C53H77N4O8P/c1-7-53(60)47-37-49-51-46(39-56(49)52(59)43(47)30-32-50(53)58)45(38-55(2)3)44-36-42(29-31-48(44)54-51)65-41-27-25-40(26-28-41)24-22-20-18-16-14-12-10-8-9-11-13-15-17-19-21-23-34-63-66(61,62)64-35-33-57(4,5)6/h25-29,31,36-37,60H,7-24,30,32-35,38-39H2,1-6H3/p+1/t53-/m0/s1. The molecule has 6 rings (SSSR count). The van der Waals surface area contributed by atoms with Crippen LogP contribution in [0.4, 0.5) is 0 Å². The molecule has 0 saturated heterocycles. The summed E-state index contributed by atoms with van der Waals surface area (Å²) in [6.07, 6.45) is 21.6. The highest BCUT2D eigenvalue weighted by Crippen LogP contribution is 2.44. The van der Waals surface area contributed by atoms with Crippen LogP contribution in [0.1, 0.15) is 150 Å². The van der Waals surface area contributed by atoms with Crippen molar-refractivity contribution in [2.75, 3.05) is 55.0 Å². The van der Waals surface area contributed by atoms with Gasteiger partial charge in [-0.05, 0) is 93.7 Å². The third-order valence-electron chi connectivity index (χ3n) is 13.4. The number of phosphoric acid groups is 1. The smallest absolute Gasteiger partial charge is 0.457 e. The molecule has 3 heterocycles. The maximum atomic E-state index is 13.9. The number of likely N-dealkylation sites (N-methyl/N-ethyl adjacent to an activating group) is 1. The second-order valence-corrected chi connectivity index (χ2v) is 21.5. The predicted molar refractivity (Wildman–Crippen MR) is 264 cm³/mol.